The Bertz CT molecular complexity index is 1240. The molecule has 3 aliphatic heterocycles. The van der Waals surface area contributed by atoms with Crippen molar-refractivity contribution in [3.8, 4) is 5.75 Å². The van der Waals surface area contributed by atoms with E-state index in [9.17, 15) is 22.8 Å². The van der Waals surface area contributed by atoms with Crippen LogP contribution in [0.3, 0.4) is 0 Å². The molecule has 190 valence electrons. The number of urea groups is 1. The van der Waals surface area contributed by atoms with Gasteiger partial charge in [-0.3, -0.25) is 9.69 Å². The standard InChI is InChI=1S/C26H26F3N3O4/c1-2-32-21-5-3-4-20(19(21)15-30-24(32)34)31-23(33)12-16-14-25(8-10-35-11-9-25)36-22-13-17(26(27,28)29)6-7-18(16)22/h3-7,12-13H,2,8-11,14-15H2,1H3,(H,30,34)(H,31,33). The molecule has 3 amide bonds. The highest BCUT2D eigenvalue weighted by Crippen LogP contribution is 2.46. The van der Waals surface area contributed by atoms with E-state index in [1.807, 2.05) is 13.0 Å². The number of rotatable bonds is 3. The molecular formula is C26H26F3N3O4. The van der Waals surface area contributed by atoms with Gasteiger partial charge in [0.15, 0.2) is 0 Å². The van der Waals surface area contributed by atoms with Crippen LogP contribution in [0.1, 0.15) is 42.9 Å². The van der Waals surface area contributed by atoms with E-state index in [-0.39, 0.29) is 18.3 Å². The quantitative estimate of drug-likeness (QED) is 0.573. The molecule has 0 atom stereocenters. The lowest BCUT2D eigenvalue weighted by molar-refractivity contribution is -0.138. The van der Waals surface area contributed by atoms with Crippen molar-refractivity contribution in [2.24, 2.45) is 0 Å². The van der Waals surface area contributed by atoms with Gasteiger partial charge in [-0.05, 0) is 36.8 Å². The van der Waals surface area contributed by atoms with Gasteiger partial charge < -0.3 is 20.1 Å². The molecule has 0 aromatic heterocycles. The summed E-state index contributed by atoms with van der Waals surface area (Å²) in [6, 6.07) is 8.53. The maximum absolute atomic E-state index is 13.4. The van der Waals surface area contributed by atoms with Gasteiger partial charge in [-0.1, -0.05) is 12.1 Å². The summed E-state index contributed by atoms with van der Waals surface area (Å²) in [5, 5.41) is 5.70. The Morgan fingerprint density at radius 2 is 2.00 bits per heavy atom. The number of nitrogens with one attached hydrogen (secondary N) is 2. The molecule has 3 aliphatic rings. The summed E-state index contributed by atoms with van der Waals surface area (Å²) >= 11 is 0. The first-order valence-corrected chi connectivity index (χ1v) is 11.9. The Morgan fingerprint density at radius 3 is 2.72 bits per heavy atom. The number of halogens is 3. The average Bonchev–Trinajstić information content (AvgIpc) is 2.83. The van der Waals surface area contributed by atoms with Crippen molar-refractivity contribution >= 4 is 28.9 Å². The summed E-state index contributed by atoms with van der Waals surface area (Å²) in [5.74, 6) is -0.288. The van der Waals surface area contributed by atoms with Crippen LogP contribution in [0.25, 0.3) is 5.57 Å². The molecule has 0 radical (unpaired) electrons. The molecule has 1 spiro atoms. The largest absolute Gasteiger partial charge is 0.486 e. The molecule has 1 saturated heterocycles. The molecule has 1 fully saturated rings. The lowest BCUT2D eigenvalue weighted by Crippen LogP contribution is -2.44. The van der Waals surface area contributed by atoms with Gasteiger partial charge in [-0.2, -0.15) is 13.2 Å². The van der Waals surface area contributed by atoms with E-state index in [4.69, 9.17) is 9.47 Å². The predicted molar refractivity (Wildman–Crippen MR) is 128 cm³/mol. The molecule has 0 bridgehead atoms. The molecule has 5 rings (SSSR count). The lowest BCUT2D eigenvalue weighted by Gasteiger charge is -2.42. The maximum atomic E-state index is 13.4. The van der Waals surface area contributed by atoms with E-state index in [1.54, 1.807) is 17.0 Å². The minimum Gasteiger partial charge on any atom is -0.486 e. The number of anilines is 2. The Morgan fingerprint density at radius 1 is 1.22 bits per heavy atom. The zero-order valence-electron chi connectivity index (χ0n) is 19.7. The second-order valence-electron chi connectivity index (χ2n) is 9.15. The summed E-state index contributed by atoms with van der Waals surface area (Å²) in [4.78, 5) is 26.9. The monoisotopic (exact) mass is 501 g/mol. The molecule has 3 heterocycles. The molecule has 2 aromatic rings. The fraction of sp³-hybridized carbons (Fsp3) is 0.385. The highest BCUT2D eigenvalue weighted by atomic mass is 19.4. The van der Waals surface area contributed by atoms with E-state index in [2.05, 4.69) is 10.6 Å². The summed E-state index contributed by atoms with van der Waals surface area (Å²) in [7, 11) is 0. The average molecular weight is 502 g/mol. The van der Waals surface area contributed by atoms with Crippen molar-refractivity contribution in [1.29, 1.82) is 0 Å². The van der Waals surface area contributed by atoms with E-state index in [1.165, 1.54) is 12.1 Å². The van der Waals surface area contributed by atoms with E-state index in [0.717, 1.165) is 23.4 Å². The van der Waals surface area contributed by atoms with Gasteiger partial charge in [0, 0.05) is 55.2 Å². The molecule has 0 unspecified atom stereocenters. The Kier molecular flexibility index (Phi) is 6.15. The second kappa shape index (κ2) is 9.16. The van der Waals surface area contributed by atoms with Crippen LogP contribution in [0.2, 0.25) is 0 Å². The molecule has 2 aromatic carbocycles. The van der Waals surface area contributed by atoms with Crippen molar-refractivity contribution in [2.45, 2.75) is 44.5 Å². The second-order valence-corrected chi connectivity index (χ2v) is 9.15. The zero-order chi connectivity index (χ0) is 25.5. The third-order valence-corrected chi connectivity index (χ3v) is 6.88. The normalized spacial score (nSPS) is 19.8. The summed E-state index contributed by atoms with van der Waals surface area (Å²) < 4.78 is 51.7. The van der Waals surface area contributed by atoms with Crippen molar-refractivity contribution in [3.05, 3.63) is 59.2 Å². The summed E-state index contributed by atoms with van der Waals surface area (Å²) in [5.41, 5.74) is 1.63. The van der Waals surface area contributed by atoms with Crippen molar-refractivity contribution in [3.63, 3.8) is 0 Å². The Balaban J connectivity index is 1.48. The van der Waals surface area contributed by atoms with Gasteiger partial charge in [-0.15, -0.1) is 0 Å². The first-order chi connectivity index (χ1) is 17.2. The number of fused-ring (bicyclic) bond motifs is 2. The predicted octanol–water partition coefficient (Wildman–Crippen LogP) is 5.11. The summed E-state index contributed by atoms with van der Waals surface area (Å²) in [6.45, 7) is 3.48. The maximum Gasteiger partial charge on any atom is 0.416 e. The first kappa shape index (κ1) is 24.2. The van der Waals surface area contributed by atoms with Crippen LogP contribution in [0, 0.1) is 0 Å². The topological polar surface area (TPSA) is 79.9 Å². The number of ether oxygens (including phenoxy) is 2. The van der Waals surface area contributed by atoms with Crippen LogP contribution in [0.4, 0.5) is 29.3 Å². The molecule has 2 N–H and O–H groups in total. The highest BCUT2D eigenvalue weighted by Gasteiger charge is 2.41. The molecule has 0 saturated carbocycles. The third-order valence-electron chi connectivity index (χ3n) is 6.88. The van der Waals surface area contributed by atoms with E-state index < -0.39 is 23.2 Å². The van der Waals surface area contributed by atoms with Crippen LogP contribution in [0.5, 0.6) is 5.75 Å². The molecule has 36 heavy (non-hydrogen) atoms. The third kappa shape index (κ3) is 4.53. The van der Waals surface area contributed by atoms with Crippen LogP contribution in [0.15, 0.2) is 42.5 Å². The number of carbonyl (C=O) groups excluding carboxylic acids is 2. The number of alkyl halides is 3. The lowest BCUT2D eigenvalue weighted by atomic mass is 9.81. The number of benzene rings is 2. The highest BCUT2D eigenvalue weighted by molar-refractivity contribution is 6.06. The van der Waals surface area contributed by atoms with Crippen molar-refractivity contribution in [1.82, 2.24) is 5.32 Å². The number of hydrogen-bond acceptors (Lipinski definition) is 4. The molecule has 7 nitrogen and oxygen atoms in total. The number of amides is 3. The van der Waals surface area contributed by atoms with Gasteiger partial charge in [0.05, 0.1) is 24.5 Å². The van der Waals surface area contributed by atoms with Gasteiger partial charge in [0.2, 0.25) is 5.91 Å². The van der Waals surface area contributed by atoms with Crippen molar-refractivity contribution in [2.75, 3.05) is 30.0 Å². The van der Waals surface area contributed by atoms with Crippen LogP contribution >= 0.6 is 0 Å². The zero-order valence-corrected chi connectivity index (χ0v) is 19.7. The van der Waals surface area contributed by atoms with E-state index in [0.29, 0.717) is 55.8 Å². The fourth-order valence-electron chi connectivity index (χ4n) is 5.05. The van der Waals surface area contributed by atoms with Gasteiger partial charge in [0.25, 0.3) is 0 Å². The smallest absolute Gasteiger partial charge is 0.416 e. The number of carbonyl (C=O) groups is 2. The Hall–Kier alpha value is -3.53. The van der Waals surface area contributed by atoms with Crippen LogP contribution in [-0.4, -0.2) is 37.3 Å². The Labute approximate surface area is 206 Å². The minimum absolute atomic E-state index is 0.121. The molecule has 10 heteroatoms. The van der Waals surface area contributed by atoms with Crippen molar-refractivity contribution < 1.29 is 32.2 Å². The SMILES string of the molecule is CCN1C(=O)NCc2c(NC(=O)C=C3CC4(CCOCC4)Oc4cc(C(F)(F)F)ccc43)cccc21. The van der Waals surface area contributed by atoms with Crippen LogP contribution < -0.4 is 20.3 Å². The van der Waals surface area contributed by atoms with E-state index >= 15 is 0 Å². The molecular weight excluding hydrogens is 475 g/mol. The minimum atomic E-state index is -4.51. The molecule has 0 aliphatic carbocycles. The number of nitrogens with zero attached hydrogens (tertiary/aromatic N) is 1. The first-order valence-electron chi connectivity index (χ1n) is 11.9. The summed E-state index contributed by atoms with van der Waals surface area (Å²) in [6.07, 6.45) is -1.66. The van der Waals surface area contributed by atoms with Gasteiger partial charge >= 0.3 is 12.2 Å². The number of hydrogen-bond donors (Lipinski definition) is 2. The van der Waals surface area contributed by atoms with Gasteiger partial charge in [-0.25, -0.2) is 4.79 Å². The van der Waals surface area contributed by atoms with Gasteiger partial charge in [0.1, 0.15) is 11.4 Å². The fourth-order valence-corrected chi connectivity index (χ4v) is 5.05. The van der Waals surface area contributed by atoms with Crippen LogP contribution in [-0.2, 0) is 22.3 Å².